The SMILES string of the molecule is O=c1c2ccccc2nc2n1CCc1c-2[nH]c2c(Cl)cccc12. The number of hydrogen-bond acceptors (Lipinski definition) is 2. The number of aromatic amines is 1. The van der Waals surface area contributed by atoms with Crippen molar-refractivity contribution in [2.45, 2.75) is 13.0 Å². The standard InChI is InChI=1S/C18H12ClN3O/c19-13-6-3-5-10-11-8-9-22-17(16(11)21-15(10)13)20-14-7-2-1-4-12(14)18(22)23/h1-7,21H,8-9H2. The number of para-hydroxylation sites is 2. The Balaban J connectivity index is 1.93. The Labute approximate surface area is 136 Å². The molecule has 0 unspecified atom stereocenters. The minimum absolute atomic E-state index is 0.0148. The van der Waals surface area contributed by atoms with Crippen molar-refractivity contribution in [3.63, 3.8) is 0 Å². The molecule has 2 aromatic carbocycles. The summed E-state index contributed by atoms with van der Waals surface area (Å²) in [7, 11) is 0. The van der Waals surface area contributed by atoms with Gasteiger partial charge in [0.1, 0.15) is 0 Å². The van der Waals surface area contributed by atoms with Crippen LogP contribution in [0.3, 0.4) is 0 Å². The van der Waals surface area contributed by atoms with Gasteiger partial charge in [-0.1, -0.05) is 35.9 Å². The number of hydrogen-bond donors (Lipinski definition) is 1. The molecule has 0 saturated heterocycles. The molecular formula is C18H12ClN3O. The molecule has 3 heterocycles. The van der Waals surface area contributed by atoms with Gasteiger partial charge < -0.3 is 4.98 Å². The highest BCUT2D eigenvalue weighted by Gasteiger charge is 2.24. The van der Waals surface area contributed by atoms with Crippen molar-refractivity contribution >= 4 is 33.4 Å². The lowest BCUT2D eigenvalue weighted by Crippen LogP contribution is -2.27. The maximum absolute atomic E-state index is 12.7. The molecule has 0 radical (unpaired) electrons. The lowest BCUT2D eigenvalue weighted by Gasteiger charge is -2.18. The first kappa shape index (κ1) is 12.9. The average Bonchev–Trinajstić information content (AvgIpc) is 2.96. The number of rotatable bonds is 0. The fraction of sp³-hybridized carbons (Fsp3) is 0.111. The van der Waals surface area contributed by atoms with Crippen LogP contribution in [-0.4, -0.2) is 14.5 Å². The monoisotopic (exact) mass is 321 g/mol. The maximum Gasteiger partial charge on any atom is 0.261 e. The van der Waals surface area contributed by atoms with Crippen LogP contribution in [0.15, 0.2) is 47.3 Å². The minimum atomic E-state index is 0.0148. The van der Waals surface area contributed by atoms with Gasteiger partial charge in [-0.3, -0.25) is 9.36 Å². The van der Waals surface area contributed by atoms with Crippen LogP contribution < -0.4 is 5.56 Å². The fourth-order valence-corrected chi connectivity index (χ4v) is 3.70. The summed E-state index contributed by atoms with van der Waals surface area (Å²) in [6.45, 7) is 0.637. The van der Waals surface area contributed by atoms with E-state index in [1.54, 1.807) is 4.57 Å². The Kier molecular flexibility index (Phi) is 2.50. The van der Waals surface area contributed by atoms with E-state index in [2.05, 4.69) is 11.1 Å². The van der Waals surface area contributed by atoms with Gasteiger partial charge in [0.25, 0.3) is 5.56 Å². The van der Waals surface area contributed by atoms with Gasteiger partial charge in [0, 0.05) is 11.9 Å². The van der Waals surface area contributed by atoms with Crippen LogP contribution in [-0.2, 0) is 13.0 Å². The third-order valence-corrected chi connectivity index (χ3v) is 4.88. The highest BCUT2D eigenvalue weighted by molar-refractivity contribution is 6.35. The molecule has 5 heteroatoms. The number of benzene rings is 2. The highest BCUT2D eigenvalue weighted by Crippen LogP contribution is 2.35. The summed E-state index contributed by atoms with van der Waals surface area (Å²) in [6, 6.07) is 13.4. The molecule has 23 heavy (non-hydrogen) atoms. The first-order valence-electron chi connectivity index (χ1n) is 7.53. The molecule has 2 aromatic heterocycles. The van der Waals surface area contributed by atoms with E-state index in [1.807, 2.05) is 36.4 Å². The molecule has 1 N–H and O–H groups in total. The van der Waals surface area contributed by atoms with E-state index in [0.717, 1.165) is 28.5 Å². The Morgan fingerprint density at radius 1 is 1.09 bits per heavy atom. The van der Waals surface area contributed by atoms with Gasteiger partial charge in [0.05, 0.1) is 27.1 Å². The number of nitrogens with one attached hydrogen (secondary N) is 1. The summed E-state index contributed by atoms with van der Waals surface area (Å²) < 4.78 is 1.76. The smallest absolute Gasteiger partial charge is 0.261 e. The second kappa shape index (κ2) is 4.46. The van der Waals surface area contributed by atoms with Crippen molar-refractivity contribution in [3.8, 4) is 11.5 Å². The molecule has 0 saturated carbocycles. The zero-order valence-electron chi connectivity index (χ0n) is 12.1. The topological polar surface area (TPSA) is 50.7 Å². The Bertz CT molecular complexity index is 1160. The van der Waals surface area contributed by atoms with Crippen molar-refractivity contribution in [2.24, 2.45) is 0 Å². The molecule has 0 spiro atoms. The highest BCUT2D eigenvalue weighted by atomic mass is 35.5. The summed E-state index contributed by atoms with van der Waals surface area (Å²) in [5.74, 6) is 0.696. The van der Waals surface area contributed by atoms with Crippen molar-refractivity contribution in [2.75, 3.05) is 0 Å². The quantitative estimate of drug-likeness (QED) is 0.536. The molecule has 1 aliphatic rings. The normalized spacial score (nSPS) is 13.3. The van der Waals surface area contributed by atoms with Gasteiger partial charge in [-0.15, -0.1) is 0 Å². The minimum Gasteiger partial charge on any atom is -0.351 e. The molecular weight excluding hydrogens is 310 g/mol. The molecule has 0 bridgehead atoms. The number of aryl methyl sites for hydroxylation is 1. The molecule has 1 aliphatic heterocycles. The van der Waals surface area contributed by atoms with Crippen molar-refractivity contribution < 1.29 is 0 Å². The van der Waals surface area contributed by atoms with E-state index in [1.165, 1.54) is 5.56 Å². The van der Waals surface area contributed by atoms with Gasteiger partial charge in [0.15, 0.2) is 5.82 Å². The summed E-state index contributed by atoms with van der Waals surface area (Å²) in [5.41, 5.74) is 3.74. The van der Waals surface area contributed by atoms with E-state index in [9.17, 15) is 4.79 Å². The number of aromatic nitrogens is 3. The summed E-state index contributed by atoms with van der Waals surface area (Å²) >= 11 is 6.31. The van der Waals surface area contributed by atoms with Crippen molar-refractivity contribution in [1.82, 2.24) is 14.5 Å². The second-order valence-electron chi connectivity index (χ2n) is 5.80. The summed E-state index contributed by atoms with van der Waals surface area (Å²) in [5, 5.41) is 2.46. The van der Waals surface area contributed by atoms with Crippen LogP contribution in [0.25, 0.3) is 33.3 Å². The van der Waals surface area contributed by atoms with Gasteiger partial charge >= 0.3 is 0 Å². The number of halogens is 1. The lowest BCUT2D eigenvalue weighted by molar-refractivity contribution is 0.653. The number of fused-ring (bicyclic) bond motifs is 6. The maximum atomic E-state index is 12.7. The van der Waals surface area contributed by atoms with Gasteiger partial charge in [-0.25, -0.2) is 4.98 Å². The molecule has 0 aliphatic carbocycles. The summed E-state index contributed by atoms with van der Waals surface area (Å²) in [4.78, 5) is 20.9. The molecule has 0 fully saturated rings. The molecule has 112 valence electrons. The first-order chi connectivity index (χ1) is 11.2. The van der Waals surface area contributed by atoms with Crippen LogP contribution in [0.2, 0.25) is 5.02 Å². The van der Waals surface area contributed by atoms with E-state index in [4.69, 9.17) is 16.6 Å². The molecule has 4 aromatic rings. The van der Waals surface area contributed by atoms with Crippen LogP contribution in [0.5, 0.6) is 0 Å². The van der Waals surface area contributed by atoms with E-state index >= 15 is 0 Å². The van der Waals surface area contributed by atoms with Crippen molar-refractivity contribution in [1.29, 1.82) is 0 Å². The molecule has 4 nitrogen and oxygen atoms in total. The van der Waals surface area contributed by atoms with Crippen LogP contribution in [0.4, 0.5) is 0 Å². The molecule has 5 rings (SSSR count). The predicted molar refractivity (Wildman–Crippen MR) is 92.0 cm³/mol. The largest absolute Gasteiger partial charge is 0.351 e. The average molecular weight is 322 g/mol. The van der Waals surface area contributed by atoms with Crippen LogP contribution >= 0.6 is 11.6 Å². The van der Waals surface area contributed by atoms with Crippen LogP contribution in [0.1, 0.15) is 5.56 Å². The molecule has 0 amide bonds. The Morgan fingerprint density at radius 2 is 1.91 bits per heavy atom. The van der Waals surface area contributed by atoms with E-state index in [-0.39, 0.29) is 5.56 Å². The van der Waals surface area contributed by atoms with Gasteiger partial charge in [0.2, 0.25) is 0 Å². The zero-order chi connectivity index (χ0) is 15.6. The lowest BCUT2D eigenvalue weighted by atomic mass is 10.0. The molecule has 0 atom stereocenters. The third kappa shape index (κ3) is 1.67. The van der Waals surface area contributed by atoms with Crippen LogP contribution in [0, 0.1) is 0 Å². The predicted octanol–water partition coefficient (Wildman–Crippen LogP) is 3.75. The zero-order valence-corrected chi connectivity index (χ0v) is 12.9. The van der Waals surface area contributed by atoms with Gasteiger partial charge in [-0.2, -0.15) is 0 Å². The summed E-state index contributed by atoms with van der Waals surface area (Å²) in [6.07, 6.45) is 0.794. The third-order valence-electron chi connectivity index (χ3n) is 4.56. The van der Waals surface area contributed by atoms with Gasteiger partial charge in [-0.05, 0) is 30.2 Å². The Hall–Kier alpha value is -2.59. The second-order valence-corrected chi connectivity index (χ2v) is 6.21. The number of nitrogens with zero attached hydrogens (tertiary/aromatic N) is 2. The van der Waals surface area contributed by atoms with E-state index < -0.39 is 0 Å². The fourth-order valence-electron chi connectivity index (χ4n) is 3.48. The first-order valence-corrected chi connectivity index (χ1v) is 7.91. The van der Waals surface area contributed by atoms with Crippen molar-refractivity contribution in [3.05, 3.63) is 63.4 Å². The van der Waals surface area contributed by atoms with E-state index in [0.29, 0.717) is 22.8 Å². The Morgan fingerprint density at radius 3 is 2.83 bits per heavy atom. The number of H-pyrrole nitrogens is 1.